The van der Waals surface area contributed by atoms with Gasteiger partial charge in [-0.05, 0) is 43.5 Å². The average molecular weight is 259 g/mol. The molecule has 4 nitrogen and oxygen atoms in total. The number of nitrogens with zero attached hydrogens (tertiary/aromatic N) is 3. The average Bonchev–Trinajstić information content (AvgIpc) is 2.69. The standard InChI is InChI=1S/C15H21N3O/c1-17-10-6-15(14(17)19)5-2-9-18(12-15)11-13-3-7-16-8-4-13/h3-4,7-8H,2,5-6,9-12H2,1H3. The lowest BCUT2D eigenvalue weighted by Crippen LogP contribution is -2.47. The minimum absolute atomic E-state index is 0.0972. The molecule has 3 rings (SSSR count). The molecule has 0 N–H and O–H groups in total. The molecule has 0 aliphatic carbocycles. The maximum Gasteiger partial charge on any atom is 0.229 e. The molecule has 19 heavy (non-hydrogen) atoms. The van der Waals surface area contributed by atoms with Crippen molar-refractivity contribution in [3.05, 3.63) is 30.1 Å². The van der Waals surface area contributed by atoms with Gasteiger partial charge in [-0.15, -0.1) is 0 Å². The van der Waals surface area contributed by atoms with E-state index in [1.54, 1.807) is 0 Å². The number of carbonyl (C=O) groups excluding carboxylic acids is 1. The van der Waals surface area contributed by atoms with E-state index in [4.69, 9.17) is 0 Å². The lowest BCUT2D eigenvalue weighted by molar-refractivity contribution is -0.137. The summed E-state index contributed by atoms with van der Waals surface area (Å²) in [6.45, 7) is 3.86. The van der Waals surface area contributed by atoms with Crippen LogP contribution in [0.1, 0.15) is 24.8 Å². The van der Waals surface area contributed by atoms with Gasteiger partial charge in [0.25, 0.3) is 0 Å². The molecule has 0 radical (unpaired) electrons. The first kappa shape index (κ1) is 12.6. The van der Waals surface area contributed by atoms with Gasteiger partial charge in [-0.3, -0.25) is 14.7 Å². The van der Waals surface area contributed by atoms with E-state index in [0.29, 0.717) is 5.91 Å². The molecular formula is C15H21N3O. The fourth-order valence-corrected chi connectivity index (χ4v) is 3.48. The molecule has 2 aliphatic heterocycles. The van der Waals surface area contributed by atoms with E-state index in [2.05, 4.69) is 22.0 Å². The van der Waals surface area contributed by atoms with Crippen LogP contribution in [-0.4, -0.2) is 47.4 Å². The zero-order valence-corrected chi connectivity index (χ0v) is 11.5. The van der Waals surface area contributed by atoms with Crippen LogP contribution in [0.15, 0.2) is 24.5 Å². The van der Waals surface area contributed by atoms with Gasteiger partial charge in [-0.25, -0.2) is 0 Å². The largest absolute Gasteiger partial charge is 0.345 e. The van der Waals surface area contributed by atoms with Crippen LogP contribution in [0.5, 0.6) is 0 Å². The Hall–Kier alpha value is -1.42. The zero-order chi connectivity index (χ0) is 13.3. The Bertz CT molecular complexity index is 458. The minimum atomic E-state index is -0.0972. The van der Waals surface area contributed by atoms with E-state index in [9.17, 15) is 4.79 Å². The van der Waals surface area contributed by atoms with Crippen molar-refractivity contribution in [1.82, 2.24) is 14.8 Å². The van der Waals surface area contributed by atoms with Crippen molar-refractivity contribution in [3.8, 4) is 0 Å². The number of rotatable bonds is 2. The van der Waals surface area contributed by atoms with Crippen molar-refractivity contribution in [3.63, 3.8) is 0 Å². The van der Waals surface area contributed by atoms with Gasteiger partial charge in [-0.2, -0.15) is 0 Å². The molecular weight excluding hydrogens is 238 g/mol. The molecule has 2 saturated heterocycles. The highest BCUT2D eigenvalue weighted by Gasteiger charge is 2.47. The van der Waals surface area contributed by atoms with Gasteiger partial charge in [0.15, 0.2) is 0 Å². The summed E-state index contributed by atoms with van der Waals surface area (Å²) in [6, 6.07) is 4.12. The van der Waals surface area contributed by atoms with E-state index in [-0.39, 0.29) is 5.41 Å². The SMILES string of the molecule is CN1CCC2(CCCN(Cc3ccncc3)C2)C1=O. The first-order valence-corrected chi connectivity index (χ1v) is 7.06. The maximum atomic E-state index is 12.4. The number of hydrogen-bond acceptors (Lipinski definition) is 3. The van der Waals surface area contributed by atoms with Crippen LogP contribution in [-0.2, 0) is 11.3 Å². The Balaban J connectivity index is 1.70. The number of amides is 1. The summed E-state index contributed by atoms with van der Waals surface area (Å²) in [5.41, 5.74) is 1.19. The van der Waals surface area contributed by atoms with Crippen molar-refractivity contribution in [2.75, 3.05) is 26.7 Å². The summed E-state index contributed by atoms with van der Waals surface area (Å²) in [5.74, 6) is 0.354. The third kappa shape index (κ3) is 2.37. The van der Waals surface area contributed by atoms with Gasteiger partial charge in [0.05, 0.1) is 5.41 Å². The van der Waals surface area contributed by atoms with E-state index in [1.807, 2.05) is 24.3 Å². The van der Waals surface area contributed by atoms with E-state index < -0.39 is 0 Å². The summed E-state index contributed by atoms with van der Waals surface area (Å²) >= 11 is 0. The van der Waals surface area contributed by atoms with Gasteiger partial charge in [0, 0.05) is 39.1 Å². The van der Waals surface area contributed by atoms with Gasteiger partial charge in [0.2, 0.25) is 5.91 Å². The van der Waals surface area contributed by atoms with Crippen molar-refractivity contribution < 1.29 is 4.79 Å². The highest BCUT2D eigenvalue weighted by molar-refractivity contribution is 5.85. The van der Waals surface area contributed by atoms with Gasteiger partial charge >= 0.3 is 0 Å². The molecule has 1 atom stereocenters. The predicted octanol–water partition coefficient (Wildman–Crippen LogP) is 1.53. The molecule has 2 aliphatic rings. The van der Waals surface area contributed by atoms with Crippen molar-refractivity contribution in [1.29, 1.82) is 0 Å². The van der Waals surface area contributed by atoms with Crippen molar-refractivity contribution in [2.45, 2.75) is 25.8 Å². The summed E-state index contributed by atoms with van der Waals surface area (Å²) in [4.78, 5) is 20.7. The molecule has 3 heterocycles. The second-order valence-corrected chi connectivity index (χ2v) is 5.93. The van der Waals surface area contributed by atoms with Crippen molar-refractivity contribution >= 4 is 5.91 Å². The number of piperidine rings is 1. The molecule has 102 valence electrons. The van der Waals surface area contributed by atoms with Gasteiger partial charge in [-0.1, -0.05) is 0 Å². The fraction of sp³-hybridized carbons (Fsp3) is 0.600. The molecule has 1 aromatic rings. The minimum Gasteiger partial charge on any atom is -0.345 e. The third-order valence-electron chi connectivity index (χ3n) is 4.54. The molecule has 2 fully saturated rings. The lowest BCUT2D eigenvalue weighted by Gasteiger charge is -2.38. The highest BCUT2D eigenvalue weighted by atomic mass is 16.2. The smallest absolute Gasteiger partial charge is 0.229 e. The summed E-state index contributed by atoms with van der Waals surface area (Å²) in [7, 11) is 1.93. The van der Waals surface area contributed by atoms with Crippen LogP contribution in [0.25, 0.3) is 0 Å². The van der Waals surface area contributed by atoms with Gasteiger partial charge < -0.3 is 4.90 Å². The second kappa shape index (κ2) is 4.93. The molecule has 0 saturated carbocycles. The molecule has 1 spiro atoms. The number of hydrogen-bond donors (Lipinski definition) is 0. The van der Waals surface area contributed by atoms with Crippen LogP contribution in [0.2, 0.25) is 0 Å². The normalized spacial score (nSPS) is 28.3. The fourth-order valence-electron chi connectivity index (χ4n) is 3.48. The first-order valence-electron chi connectivity index (χ1n) is 7.06. The Morgan fingerprint density at radius 2 is 2.05 bits per heavy atom. The molecule has 1 amide bonds. The molecule has 4 heteroatoms. The van der Waals surface area contributed by atoms with Crippen LogP contribution in [0.4, 0.5) is 0 Å². The highest BCUT2D eigenvalue weighted by Crippen LogP contribution is 2.39. The quantitative estimate of drug-likeness (QED) is 0.808. The number of carbonyl (C=O) groups is 1. The summed E-state index contributed by atoms with van der Waals surface area (Å²) in [6.07, 6.45) is 6.88. The van der Waals surface area contributed by atoms with Crippen LogP contribution in [0, 0.1) is 5.41 Å². The second-order valence-electron chi connectivity index (χ2n) is 5.93. The third-order valence-corrected chi connectivity index (χ3v) is 4.54. The molecule has 0 aromatic carbocycles. The Morgan fingerprint density at radius 3 is 2.74 bits per heavy atom. The van der Waals surface area contributed by atoms with Crippen LogP contribution >= 0.6 is 0 Å². The van der Waals surface area contributed by atoms with E-state index in [1.165, 1.54) is 5.56 Å². The number of aromatic nitrogens is 1. The van der Waals surface area contributed by atoms with E-state index in [0.717, 1.165) is 45.4 Å². The molecule has 1 aromatic heterocycles. The lowest BCUT2D eigenvalue weighted by atomic mass is 9.78. The Morgan fingerprint density at radius 1 is 1.26 bits per heavy atom. The predicted molar refractivity (Wildman–Crippen MR) is 73.4 cm³/mol. The Labute approximate surface area is 114 Å². The van der Waals surface area contributed by atoms with Gasteiger partial charge in [0.1, 0.15) is 0 Å². The van der Waals surface area contributed by atoms with Crippen molar-refractivity contribution in [2.24, 2.45) is 5.41 Å². The first-order chi connectivity index (χ1) is 9.20. The topological polar surface area (TPSA) is 36.4 Å². The molecule has 0 bridgehead atoms. The summed E-state index contributed by atoms with van der Waals surface area (Å²) < 4.78 is 0. The van der Waals surface area contributed by atoms with Crippen LogP contribution < -0.4 is 0 Å². The maximum absolute atomic E-state index is 12.4. The number of pyridine rings is 1. The number of likely N-dealkylation sites (tertiary alicyclic amines) is 2. The summed E-state index contributed by atoms with van der Waals surface area (Å²) in [5, 5.41) is 0. The zero-order valence-electron chi connectivity index (χ0n) is 11.5. The molecule has 1 unspecified atom stereocenters. The van der Waals surface area contributed by atoms with Crippen LogP contribution in [0.3, 0.4) is 0 Å². The monoisotopic (exact) mass is 259 g/mol. The van der Waals surface area contributed by atoms with E-state index >= 15 is 0 Å². The Kier molecular flexibility index (Phi) is 3.27.